The summed E-state index contributed by atoms with van der Waals surface area (Å²) in [6, 6.07) is 1.74. The van der Waals surface area contributed by atoms with E-state index in [9.17, 15) is 13.2 Å². The van der Waals surface area contributed by atoms with Crippen molar-refractivity contribution in [2.45, 2.75) is 51.0 Å². The molecule has 0 unspecified atom stereocenters. The highest BCUT2D eigenvalue weighted by molar-refractivity contribution is 7.89. The van der Waals surface area contributed by atoms with Gasteiger partial charge < -0.3 is 4.90 Å². The summed E-state index contributed by atoms with van der Waals surface area (Å²) >= 11 is 1.21. The second-order valence-corrected chi connectivity index (χ2v) is 8.77. The minimum absolute atomic E-state index is 0.0652. The third kappa shape index (κ3) is 4.05. The fourth-order valence-corrected chi connectivity index (χ4v) is 4.33. The Morgan fingerprint density at radius 1 is 1.48 bits per heavy atom. The average molecular weight is 330 g/mol. The normalized spacial score (nSPS) is 15.5. The molecule has 21 heavy (non-hydrogen) atoms. The SMILES string of the molecule is Cc1sc(C(=O)N(CCC(C)C)C2CC2)cc1S(N)(=O)=O. The van der Waals surface area contributed by atoms with Gasteiger partial charge in [-0.2, -0.15) is 0 Å². The van der Waals surface area contributed by atoms with E-state index in [2.05, 4.69) is 13.8 Å². The number of primary sulfonamides is 1. The van der Waals surface area contributed by atoms with Gasteiger partial charge in [-0.15, -0.1) is 11.3 Å². The first-order valence-electron chi connectivity index (χ1n) is 7.14. The van der Waals surface area contributed by atoms with E-state index in [1.54, 1.807) is 6.92 Å². The van der Waals surface area contributed by atoms with E-state index in [1.807, 2.05) is 4.90 Å². The van der Waals surface area contributed by atoms with Crippen LogP contribution in [0.1, 0.15) is 47.7 Å². The van der Waals surface area contributed by atoms with Crippen molar-refractivity contribution < 1.29 is 13.2 Å². The van der Waals surface area contributed by atoms with E-state index in [-0.39, 0.29) is 10.8 Å². The molecule has 1 aromatic rings. The molecule has 0 spiro atoms. The molecule has 2 rings (SSSR count). The summed E-state index contributed by atoms with van der Waals surface area (Å²) in [7, 11) is -3.76. The van der Waals surface area contributed by atoms with Crippen molar-refractivity contribution in [3.8, 4) is 0 Å². The highest BCUT2D eigenvalue weighted by atomic mass is 32.2. The van der Waals surface area contributed by atoms with Crippen molar-refractivity contribution in [2.75, 3.05) is 6.54 Å². The highest BCUT2D eigenvalue weighted by Gasteiger charge is 2.34. The van der Waals surface area contributed by atoms with Gasteiger partial charge >= 0.3 is 0 Å². The molecule has 1 fully saturated rings. The Bertz CT molecular complexity index is 631. The zero-order chi connectivity index (χ0) is 15.8. The Labute approximate surface area is 130 Å². The molecule has 2 N–H and O–H groups in total. The van der Waals surface area contributed by atoms with Crippen LogP contribution in [0.25, 0.3) is 0 Å². The van der Waals surface area contributed by atoms with Crippen LogP contribution in [0.15, 0.2) is 11.0 Å². The van der Waals surface area contributed by atoms with Crippen LogP contribution >= 0.6 is 11.3 Å². The van der Waals surface area contributed by atoms with Gasteiger partial charge in [0.05, 0.1) is 9.77 Å². The fraction of sp³-hybridized carbons (Fsp3) is 0.643. The molecule has 1 aliphatic carbocycles. The van der Waals surface area contributed by atoms with Crippen LogP contribution in [0, 0.1) is 12.8 Å². The number of carbonyl (C=O) groups is 1. The summed E-state index contributed by atoms with van der Waals surface area (Å²) in [5.41, 5.74) is 0. The number of thiophene rings is 1. The molecule has 0 radical (unpaired) electrons. The van der Waals surface area contributed by atoms with Gasteiger partial charge in [0.15, 0.2) is 0 Å². The predicted octanol–water partition coefficient (Wildman–Crippen LogP) is 2.35. The van der Waals surface area contributed by atoms with Crippen LogP contribution in [0.3, 0.4) is 0 Å². The topological polar surface area (TPSA) is 80.5 Å². The van der Waals surface area contributed by atoms with Crippen LogP contribution < -0.4 is 5.14 Å². The molecule has 0 bridgehead atoms. The Kier molecular flexibility index (Phi) is 4.75. The van der Waals surface area contributed by atoms with Crippen LogP contribution in [0.5, 0.6) is 0 Å². The molecule has 1 aliphatic rings. The maximum Gasteiger partial charge on any atom is 0.264 e. The zero-order valence-corrected chi connectivity index (χ0v) is 14.3. The maximum absolute atomic E-state index is 12.6. The van der Waals surface area contributed by atoms with E-state index in [0.717, 1.165) is 25.8 Å². The van der Waals surface area contributed by atoms with Crippen LogP contribution in [-0.2, 0) is 10.0 Å². The third-order valence-electron chi connectivity index (χ3n) is 3.59. The van der Waals surface area contributed by atoms with Crippen molar-refractivity contribution in [2.24, 2.45) is 11.1 Å². The van der Waals surface area contributed by atoms with Gasteiger partial charge in [0.2, 0.25) is 10.0 Å². The number of sulfonamides is 1. The number of hydrogen-bond donors (Lipinski definition) is 1. The highest BCUT2D eigenvalue weighted by Crippen LogP contribution is 2.32. The number of aryl methyl sites for hydroxylation is 1. The Morgan fingerprint density at radius 2 is 2.10 bits per heavy atom. The molecule has 1 heterocycles. The number of carbonyl (C=O) groups excluding carboxylic acids is 1. The van der Waals surface area contributed by atoms with Gasteiger partial charge in [-0.25, -0.2) is 13.6 Å². The van der Waals surface area contributed by atoms with Crippen molar-refractivity contribution in [3.05, 3.63) is 15.8 Å². The molecule has 5 nitrogen and oxygen atoms in total. The van der Waals surface area contributed by atoms with E-state index in [4.69, 9.17) is 5.14 Å². The molecular formula is C14H22N2O3S2. The van der Waals surface area contributed by atoms with Gasteiger partial charge in [0, 0.05) is 17.5 Å². The standard InChI is InChI=1S/C14H22N2O3S2/c1-9(2)6-7-16(11-4-5-11)14(17)12-8-13(10(3)20-12)21(15,18)19/h8-9,11H,4-7H2,1-3H3,(H2,15,18,19). The summed E-state index contributed by atoms with van der Waals surface area (Å²) < 4.78 is 23.0. The lowest BCUT2D eigenvalue weighted by Gasteiger charge is -2.22. The molecule has 0 atom stereocenters. The zero-order valence-electron chi connectivity index (χ0n) is 12.6. The molecule has 0 aromatic carbocycles. The first-order valence-corrected chi connectivity index (χ1v) is 9.50. The molecule has 7 heteroatoms. The molecule has 118 valence electrons. The van der Waals surface area contributed by atoms with E-state index < -0.39 is 10.0 Å². The van der Waals surface area contributed by atoms with Gasteiger partial charge in [-0.1, -0.05) is 13.8 Å². The van der Waals surface area contributed by atoms with Gasteiger partial charge in [0.1, 0.15) is 0 Å². The summed E-state index contributed by atoms with van der Waals surface area (Å²) in [5.74, 6) is 0.463. The lowest BCUT2D eigenvalue weighted by molar-refractivity contribution is 0.0740. The van der Waals surface area contributed by atoms with Crippen LogP contribution in [0.4, 0.5) is 0 Å². The Balaban J connectivity index is 2.21. The van der Waals surface area contributed by atoms with Crippen LogP contribution in [-0.4, -0.2) is 31.8 Å². The quantitative estimate of drug-likeness (QED) is 0.869. The second-order valence-electron chi connectivity index (χ2n) is 5.99. The predicted molar refractivity (Wildman–Crippen MR) is 83.9 cm³/mol. The molecular weight excluding hydrogens is 308 g/mol. The third-order valence-corrected chi connectivity index (χ3v) is 5.79. The minimum Gasteiger partial charge on any atom is -0.335 e. The average Bonchev–Trinajstić information content (AvgIpc) is 3.09. The van der Waals surface area contributed by atoms with Gasteiger partial charge in [0.25, 0.3) is 5.91 Å². The number of nitrogens with zero attached hydrogens (tertiary/aromatic N) is 1. The van der Waals surface area contributed by atoms with Crippen molar-refractivity contribution >= 4 is 27.3 Å². The van der Waals surface area contributed by atoms with Crippen LogP contribution in [0.2, 0.25) is 0 Å². The summed E-state index contributed by atoms with van der Waals surface area (Å²) in [6.45, 7) is 6.66. The molecule has 1 amide bonds. The number of hydrogen-bond acceptors (Lipinski definition) is 4. The van der Waals surface area contributed by atoms with Crippen molar-refractivity contribution in [1.29, 1.82) is 0 Å². The lowest BCUT2D eigenvalue weighted by Crippen LogP contribution is -2.34. The van der Waals surface area contributed by atoms with Crippen molar-refractivity contribution in [1.82, 2.24) is 4.90 Å². The fourth-order valence-electron chi connectivity index (χ4n) is 2.23. The summed E-state index contributed by atoms with van der Waals surface area (Å²) in [6.07, 6.45) is 3.03. The maximum atomic E-state index is 12.6. The first-order chi connectivity index (χ1) is 9.70. The van der Waals surface area contributed by atoms with E-state index in [1.165, 1.54) is 17.4 Å². The first kappa shape index (κ1) is 16.5. The second kappa shape index (κ2) is 6.06. The number of rotatable bonds is 6. The molecule has 1 aromatic heterocycles. The summed E-state index contributed by atoms with van der Waals surface area (Å²) in [5, 5.41) is 5.17. The Morgan fingerprint density at radius 3 is 2.52 bits per heavy atom. The number of nitrogens with two attached hydrogens (primary N) is 1. The monoisotopic (exact) mass is 330 g/mol. The minimum atomic E-state index is -3.76. The van der Waals surface area contributed by atoms with Crippen molar-refractivity contribution in [3.63, 3.8) is 0 Å². The van der Waals surface area contributed by atoms with Gasteiger partial charge in [-0.05, 0) is 38.2 Å². The smallest absolute Gasteiger partial charge is 0.264 e. The largest absolute Gasteiger partial charge is 0.335 e. The molecule has 0 saturated heterocycles. The van der Waals surface area contributed by atoms with E-state index >= 15 is 0 Å². The summed E-state index contributed by atoms with van der Waals surface area (Å²) in [4.78, 5) is 15.6. The van der Waals surface area contributed by atoms with E-state index in [0.29, 0.717) is 21.7 Å². The molecule has 1 saturated carbocycles. The number of amides is 1. The van der Waals surface area contributed by atoms with Gasteiger partial charge in [-0.3, -0.25) is 4.79 Å². The molecule has 0 aliphatic heterocycles. The Hall–Kier alpha value is -0.920. The lowest BCUT2D eigenvalue weighted by atomic mass is 10.1.